The number of carbonyl (C=O) groups is 2. The largest absolute Gasteiger partial charge is 0.496 e. The Labute approximate surface area is 144 Å². The van der Waals surface area contributed by atoms with Gasteiger partial charge in [-0.1, -0.05) is 23.4 Å². The number of rotatable bonds is 6. The highest BCUT2D eigenvalue weighted by Crippen LogP contribution is 2.36. The first kappa shape index (κ1) is 16.9. The average molecular weight is 345 g/mol. The summed E-state index contributed by atoms with van der Waals surface area (Å²) in [5.41, 5.74) is 0.672. The summed E-state index contributed by atoms with van der Waals surface area (Å²) in [7, 11) is 1.53. The molecule has 1 aliphatic rings. The van der Waals surface area contributed by atoms with Gasteiger partial charge in [-0.3, -0.25) is 9.59 Å². The van der Waals surface area contributed by atoms with Crippen LogP contribution in [0.25, 0.3) is 0 Å². The van der Waals surface area contributed by atoms with Gasteiger partial charge in [0.05, 0.1) is 18.9 Å². The second kappa shape index (κ2) is 6.92. The van der Waals surface area contributed by atoms with Gasteiger partial charge >= 0.3 is 5.97 Å². The van der Waals surface area contributed by atoms with Gasteiger partial charge in [-0.05, 0) is 18.9 Å². The molecule has 1 fully saturated rings. The number of nitrogens with zero attached hydrogens (tertiary/aromatic N) is 2. The van der Waals surface area contributed by atoms with E-state index in [1.807, 2.05) is 12.1 Å². The van der Waals surface area contributed by atoms with Crippen LogP contribution < -0.4 is 10.1 Å². The van der Waals surface area contributed by atoms with Crippen LogP contribution in [0.3, 0.4) is 0 Å². The fourth-order valence-electron chi connectivity index (χ4n) is 2.98. The molecule has 1 amide bonds. The maximum atomic E-state index is 12.6. The lowest BCUT2D eigenvalue weighted by molar-refractivity contribution is -0.152. The van der Waals surface area contributed by atoms with Crippen molar-refractivity contribution in [1.29, 1.82) is 0 Å². The molecule has 1 aromatic carbocycles. The van der Waals surface area contributed by atoms with Crippen molar-refractivity contribution in [2.75, 3.05) is 7.11 Å². The second-order valence-electron chi connectivity index (χ2n) is 5.98. The molecule has 25 heavy (non-hydrogen) atoms. The lowest BCUT2D eigenvalue weighted by Gasteiger charge is -2.33. The zero-order valence-corrected chi connectivity index (χ0v) is 13.9. The van der Waals surface area contributed by atoms with Gasteiger partial charge in [-0.25, -0.2) is 0 Å². The van der Waals surface area contributed by atoms with Crippen LogP contribution >= 0.6 is 0 Å². The monoisotopic (exact) mass is 345 g/mol. The predicted molar refractivity (Wildman–Crippen MR) is 85.9 cm³/mol. The number of ether oxygens (including phenoxy) is 1. The summed E-state index contributed by atoms with van der Waals surface area (Å²) in [5, 5.41) is 15.9. The highest BCUT2D eigenvalue weighted by Gasteiger charge is 2.42. The van der Waals surface area contributed by atoms with Crippen molar-refractivity contribution in [3.05, 3.63) is 41.5 Å². The van der Waals surface area contributed by atoms with Gasteiger partial charge in [0.25, 0.3) is 0 Å². The predicted octanol–water partition coefficient (Wildman–Crippen LogP) is 1.70. The first-order valence-corrected chi connectivity index (χ1v) is 7.97. The van der Waals surface area contributed by atoms with E-state index in [2.05, 4.69) is 15.5 Å². The number of hydrogen-bond donors (Lipinski definition) is 2. The molecule has 1 aromatic heterocycles. The molecule has 3 rings (SSSR count). The van der Waals surface area contributed by atoms with Gasteiger partial charge in [0.1, 0.15) is 11.8 Å². The van der Waals surface area contributed by atoms with Crippen molar-refractivity contribution < 1.29 is 24.0 Å². The maximum absolute atomic E-state index is 12.6. The van der Waals surface area contributed by atoms with Crippen molar-refractivity contribution in [3.8, 4) is 5.75 Å². The lowest BCUT2D eigenvalue weighted by Crippen LogP contribution is -2.45. The molecular formula is C17H19N3O5. The van der Waals surface area contributed by atoms with Crippen molar-refractivity contribution in [3.63, 3.8) is 0 Å². The highest BCUT2D eigenvalue weighted by molar-refractivity contribution is 5.86. The van der Waals surface area contributed by atoms with Crippen LogP contribution in [0.15, 0.2) is 28.8 Å². The fourth-order valence-corrected chi connectivity index (χ4v) is 2.98. The number of amides is 1. The number of aryl methyl sites for hydroxylation is 1. The van der Waals surface area contributed by atoms with Crippen LogP contribution in [0.5, 0.6) is 5.75 Å². The molecular weight excluding hydrogens is 326 g/mol. The van der Waals surface area contributed by atoms with Crippen molar-refractivity contribution >= 4 is 11.9 Å². The standard InChI is InChI=1S/C17H19N3O5/c1-9-18-15(20-25-9)14(12-5-3-4-6-13(12)24-2)19-16(21)10-7-8-11(10)17(22)23/h3-6,10-11,14H,7-8H2,1-2H3,(H,19,21)(H,22,23). The number of hydrogen-bond acceptors (Lipinski definition) is 6. The van der Waals surface area contributed by atoms with E-state index in [0.29, 0.717) is 35.9 Å². The number of carboxylic acid groups (broad SMARTS) is 1. The van der Waals surface area contributed by atoms with E-state index in [1.165, 1.54) is 7.11 Å². The smallest absolute Gasteiger partial charge is 0.307 e. The topological polar surface area (TPSA) is 115 Å². The number of carbonyl (C=O) groups excluding carboxylic acids is 1. The molecule has 2 aromatic rings. The van der Waals surface area contributed by atoms with Gasteiger partial charge in [-0.2, -0.15) is 4.98 Å². The summed E-state index contributed by atoms with van der Waals surface area (Å²) in [4.78, 5) is 28.0. The fraction of sp³-hybridized carbons (Fsp3) is 0.412. The summed E-state index contributed by atoms with van der Waals surface area (Å²) in [6.45, 7) is 1.66. The third-order valence-corrected chi connectivity index (χ3v) is 4.47. The zero-order chi connectivity index (χ0) is 18.0. The Bertz CT molecular complexity index is 788. The van der Waals surface area contributed by atoms with E-state index >= 15 is 0 Å². The van der Waals surface area contributed by atoms with E-state index in [9.17, 15) is 9.59 Å². The molecule has 1 saturated carbocycles. The van der Waals surface area contributed by atoms with Gasteiger partial charge in [0.2, 0.25) is 11.8 Å². The number of aromatic nitrogens is 2. The molecule has 2 N–H and O–H groups in total. The van der Waals surface area contributed by atoms with E-state index < -0.39 is 23.8 Å². The van der Waals surface area contributed by atoms with Gasteiger partial charge in [-0.15, -0.1) is 0 Å². The molecule has 1 heterocycles. The van der Waals surface area contributed by atoms with E-state index in [0.717, 1.165) is 0 Å². The van der Waals surface area contributed by atoms with E-state index in [4.69, 9.17) is 14.4 Å². The number of aliphatic carboxylic acids is 1. The minimum atomic E-state index is -0.948. The summed E-state index contributed by atoms with van der Waals surface area (Å²) in [6, 6.07) is 6.51. The summed E-state index contributed by atoms with van der Waals surface area (Å²) in [5.74, 6) is -1.25. The summed E-state index contributed by atoms with van der Waals surface area (Å²) in [6.07, 6.45) is 1.06. The van der Waals surface area contributed by atoms with E-state index in [-0.39, 0.29) is 5.91 Å². The first-order chi connectivity index (χ1) is 12.0. The Morgan fingerprint density at radius 3 is 2.60 bits per heavy atom. The highest BCUT2D eigenvalue weighted by atomic mass is 16.5. The number of carboxylic acids is 1. The molecule has 0 saturated heterocycles. The third-order valence-electron chi connectivity index (χ3n) is 4.47. The Morgan fingerprint density at radius 2 is 2.04 bits per heavy atom. The zero-order valence-electron chi connectivity index (χ0n) is 13.9. The van der Waals surface area contributed by atoms with Gasteiger partial charge in [0.15, 0.2) is 5.82 Å². The van der Waals surface area contributed by atoms with Crippen LogP contribution in [0.4, 0.5) is 0 Å². The Kier molecular flexibility index (Phi) is 4.69. The quantitative estimate of drug-likeness (QED) is 0.819. The molecule has 0 aliphatic heterocycles. The molecule has 8 nitrogen and oxygen atoms in total. The number of nitrogens with one attached hydrogen (secondary N) is 1. The minimum Gasteiger partial charge on any atom is -0.496 e. The third kappa shape index (κ3) is 3.33. The van der Waals surface area contributed by atoms with Crippen LogP contribution in [-0.2, 0) is 9.59 Å². The van der Waals surface area contributed by atoms with Crippen molar-refractivity contribution in [2.45, 2.75) is 25.8 Å². The molecule has 8 heteroatoms. The van der Waals surface area contributed by atoms with E-state index in [1.54, 1.807) is 19.1 Å². The SMILES string of the molecule is COc1ccccc1C(NC(=O)C1CCC1C(=O)O)c1noc(C)n1. The molecule has 0 bridgehead atoms. The molecule has 1 aliphatic carbocycles. The Balaban J connectivity index is 1.90. The van der Waals surface area contributed by atoms with Crippen LogP contribution in [-0.4, -0.2) is 34.2 Å². The first-order valence-electron chi connectivity index (χ1n) is 7.97. The molecule has 3 atom stereocenters. The molecule has 3 unspecified atom stereocenters. The Morgan fingerprint density at radius 1 is 1.32 bits per heavy atom. The van der Waals surface area contributed by atoms with Crippen molar-refractivity contribution in [1.82, 2.24) is 15.5 Å². The minimum absolute atomic E-state index is 0.293. The summed E-state index contributed by atoms with van der Waals surface area (Å²) >= 11 is 0. The maximum Gasteiger partial charge on any atom is 0.307 e. The normalized spacial score (nSPS) is 20.4. The summed E-state index contributed by atoms with van der Waals surface area (Å²) < 4.78 is 10.4. The average Bonchev–Trinajstić information content (AvgIpc) is 2.97. The second-order valence-corrected chi connectivity index (χ2v) is 5.98. The molecule has 0 radical (unpaired) electrons. The Hall–Kier alpha value is -2.90. The van der Waals surface area contributed by atoms with Gasteiger partial charge in [0, 0.05) is 12.5 Å². The lowest BCUT2D eigenvalue weighted by atomic mass is 9.73. The van der Waals surface area contributed by atoms with Gasteiger partial charge < -0.3 is 19.7 Å². The number of benzene rings is 1. The van der Waals surface area contributed by atoms with Crippen LogP contribution in [0.2, 0.25) is 0 Å². The number of methoxy groups -OCH3 is 1. The molecule has 0 spiro atoms. The number of para-hydroxylation sites is 1. The van der Waals surface area contributed by atoms with Crippen molar-refractivity contribution in [2.24, 2.45) is 11.8 Å². The molecule has 132 valence electrons. The van der Waals surface area contributed by atoms with Crippen LogP contribution in [0.1, 0.15) is 36.2 Å². The van der Waals surface area contributed by atoms with Crippen LogP contribution in [0, 0.1) is 18.8 Å².